The molecule has 10 N–H and O–H groups in total. The van der Waals surface area contributed by atoms with E-state index in [4.69, 9.17) is 46.6 Å². The van der Waals surface area contributed by atoms with Crippen LogP contribution in [0.15, 0.2) is 0 Å². The minimum absolute atomic E-state index is 0. The maximum absolute atomic E-state index is 10.3. The number of hydrogen-bond donors (Lipinski definition) is 9. The van der Waals surface area contributed by atoms with Gasteiger partial charge >= 0.3 is 59.4 Å². The molecule has 1 atom stereocenters. The molecule has 182 valence electrons. The predicted molar refractivity (Wildman–Crippen MR) is 94.9 cm³/mol. The number of rotatable bonds is 11. The first-order valence-electron chi connectivity index (χ1n) is 7.55. The molecular weight excluding hydrogens is 481 g/mol. The Morgan fingerprint density at radius 3 is 1.03 bits per heavy atom. The topological polar surface area (TPSA) is 313 Å². The number of aliphatic hydroxyl groups is 3. The number of carboxylic acid groups (broad SMARTS) is 6. The van der Waals surface area contributed by atoms with Crippen LogP contribution in [-0.2, 0) is 28.8 Å². The zero-order valence-electron chi connectivity index (χ0n) is 16.7. The maximum atomic E-state index is 10.3. The van der Waals surface area contributed by atoms with Gasteiger partial charge in [0.2, 0.25) is 0 Å². The zero-order chi connectivity index (χ0) is 24.7. The van der Waals surface area contributed by atoms with Crippen LogP contribution in [0, 0.1) is 0 Å². The van der Waals surface area contributed by atoms with Gasteiger partial charge in [-0.15, -0.1) is 12.4 Å². The van der Waals surface area contributed by atoms with Gasteiger partial charge in [0.05, 0.1) is 25.9 Å². The van der Waals surface area contributed by atoms with Gasteiger partial charge in [-0.1, -0.05) is 0 Å². The molecule has 18 heteroatoms. The fourth-order valence-corrected chi connectivity index (χ4v) is 1.42. The van der Waals surface area contributed by atoms with Crippen molar-refractivity contribution in [3.8, 4) is 0 Å². The summed E-state index contributed by atoms with van der Waals surface area (Å²) in [6.07, 6.45) is -4.73. The number of aliphatic hydroxyl groups excluding tert-OH is 1. The van der Waals surface area contributed by atoms with Crippen LogP contribution in [0.1, 0.15) is 25.7 Å². The van der Waals surface area contributed by atoms with Crippen molar-refractivity contribution in [3.05, 3.63) is 0 Å². The smallest absolute Gasteiger partial charge is 0.550 e. The summed E-state index contributed by atoms with van der Waals surface area (Å²) in [6.45, 7) is 0.472. The molecule has 0 aromatic heterocycles. The quantitative estimate of drug-likeness (QED) is 0.118. The molecule has 0 radical (unpaired) electrons. The Bertz CT molecular complexity index is 556. The Labute approximate surface area is 208 Å². The van der Waals surface area contributed by atoms with E-state index in [0.29, 0.717) is 6.54 Å². The standard InChI is InChI=1S/2C6H8O7.C2H7NO.ClH.Na/c2*7-3(8)1-6(13,5(11)12)2-4(9)10;3-1-2-4;;/h2*13H,1-2H2,(H,7,8)(H,9,10)(H,11,12);4H,1-3H2;1H;/q;;;;+1/p-1. The second kappa shape index (κ2) is 19.6. The minimum atomic E-state index is -2.80. The van der Waals surface area contributed by atoms with E-state index in [1.807, 2.05) is 0 Å². The first-order chi connectivity index (χ1) is 13.5. The summed E-state index contributed by atoms with van der Waals surface area (Å²) in [5, 5.41) is 77.1. The van der Waals surface area contributed by atoms with E-state index < -0.39 is 72.7 Å². The van der Waals surface area contributed by atoms with Crippen molar-refractivity contribution in [2.24, 2.45) is 5.73 Å². The molecule has 0 fully saturated rings. The van der Waals surface area contributed by atoms with Crippen molar-refractivity contribution in [1.82, 2.24) is 0 Å². The molecule has 0 aromatic rings. The largest absolute Gasteiger partial charge is 1.00 e. The third-order valence-corrected chi connectivity index (χ3v) is 2.69. The van der Waals surface area contributed by atoms with Crippen molar-refractivity contribution < 1.29 is 104 Å². The molecule has 0 aliphatic carbocycles. The Hall–Kier alpha value is -2.05. The number of halogens is 1. The zero-order valence-corrected chi connectivity index (χ0v) is 19.5. The third-order valence-electron chi connectivity index (χ3n) is 2.69. The van der Waals surface area contributed by atoms with Gasteiger partial charge in [0.1, 0.15) is 0 Å². The van der Waals surface area contributed by atoms with E-state index in [2.05, 4.69) is 0 Å². The number of nitrogens with two attached hydrogens (primary N) is 1. The summed E-state index contributed by atoms with van der Waals surface area (Å²) in [6, 6.07) is 0. The fourth-order valence-electron chi connectivity index (χ4n) is 1.42. The van der Waals surface area contributed by atoms with Crippen molar-refractivity contribution in [1.29, 1.82) is 0 Å². The van der Waals surface area contributed by atoms with E-state index >= 15 is 0 Å². The Morgan fingerprint density at radius 2 is 0.906 bits per heavy atom. The first-order valence-corrected chi connectivity index (χ1v) is 7.55. The molecular formula is C14H23ClNNaO15. The van der Waals surface area contributed by atoms with Crippen LogP contribution in [0.25, 0.3) is 0 Å². The molecule has 0 aliphatic heterocycles. The van der Waals surface area contributed by atoms with Crippen LogP contribution < -0.4 is 40.4 Å². The van der Waals surface area contributed by atoms with Crippen molar-refractivity contribution in [3.63, 3.8) is 0 Å². The number of carbonyl (C=O) groups excluding carboxylic acids is 1. The molecule has 0 spiro atoms. The SMILES string of the molecule is Cl.NCCO.O=C(O)CC(O)(CC(=O)O)C(=O)O.O=C([O-])CC(O)(CC(=O)O)C(=O)O.[Na+]. The minimum Gasteiger partial charge on any atom is -0.550 e. The van der Waals surface area contributed by atoms with Crippen LogP contribution >= 0.6 is 12.4 Å². The third kappa shape index (κ3) is 21.2. The van der Waals surface area contributed by atoms with E-state index in [1.165, 1.54) is 0 Å². The Kier molecular flexibility index (Phi) is 24.7. The summed E-state index contributed by atoms with van der Waals surface area (Å²) in [4.78, 5) is 60.8. The van der Waals surface area contributed by atoms with Gasteiger partial charge in [-0.25, -0.2) is 9.59 Å². The van der Waals surface area contributed by atoms with Gasteiger partial charge in [0.15, 0.2) is 11.2 Å². The van der Waals surface area contributed by atoms with Crippen molar-refractivity contribution in [2.45, 2.75) is 36.9 Å². The monoisotopic (exact) mass is 503 g/mol. The molecule has 16 nitrogen and oxygen atoms in total. The summed E-state index contributed by atoms with van der Waals surface area (Å²) < 4.78 is 0. The number of aliphatic carboxylic acids is 6. The molecule has 1 unspecified atom stereocenters. The molecule has 0 heterocycles. The van der Waals surface area contributed by atoms with E-state index in [-0.39, 0.29) is 48.6 Å². The second-order valence-electron chi connectivity index (χ2n) is 5.45. The van der Waals surface area contributed by atoms with Gasteiger partial charge in [0.25, 0.3) is 0 Å². The molecule has 0 saturated heterocycles. The summed E-state index contributed by atoms with van der Waals surface area (Å²) in [5.74, 6) is -10.4. The van der Waals surface area contributed by atoms with Crippen molar-refractivity contribution >= 4 is 48.2 Å². The maximum Gasteiger partial charge on any atom is 1.00 e. The fraction of sp³-hybridized carbons (Fsp3) is 0.571. The predicted octanol–water partition coefficient (Wildman–Crippen LogP) is -7.47. The molecule has 0 rings (SSSR count). The number of carboxylic acids is 6. The van der Waals surface area contributed by atoms with Gasteiger partial charge in [-0.3, -0.25) is 14.4 Å². The van der Waals surface area contributed by atoms with E-state index in [0.717, 1.165) is 0 Å². The van der Waals surface area contributed by atoms with Gasteiger partial charge in [-0.2, -0.15) is 0 Å². The molecule has 32 heavy (non-hydrogen) atoms. The van der Waals surface area contributed by atoms with Gasteiger partial charge in [0, 0.05) is 18.9 Å². The van der Waals surface area contributed by atoms with Crippen molar-refractivity contribution in [2.75, 3.05) is 13.2 Å². The number of hydrogen-bond acceptors (Lipinski definition) is 11. The average Bonchev–Trinajstić information content (AvgIpc) is 2.52. The summed E-state index contributed by atoms with van der Waals surface area (Å²) in [7, 11) is 0. The molecule has 0 amide bonds. The second-order valence-corrected chi connectivity index (χ2v) is 5.45. The molecule has 0 aromatic carbocycles. The summed E-state index contributed by atoms with van der Waals surface area (Å²) in [5.41, 5.74) is -0.762. The first kappa shape index (κ1) is 40.3. The molecule has 0 aliphatic rings. The molecule has 0 saturated carbocycles. The van der Waals surface area contributed by atoms with Gasteiger partial charge < -0.3 is 56.5 Å². The van der Waals surface area contributed by atoms with Crippen LogP contribution in [0.4, 0.5) is 0 Å². The Balaban J connectivity index is -0.000000123. The molecule has 0 bridgehead atoms. The normalized spacial score (nSPS) is 11.2. The van der Waals surface area contributed by atoms with E-state index in [1.54, 1.807) is 0 Å². The van der Waals surface area contributed by atoms with Crippen LogP contribution in [0.5, 0.6) is 0 Å². The Morgan fingerprint density at radius 1 is 0.688 bits per heavy atom. The van der Waals surface area contributed by atoms with Crippen LogP contribution in [0.2, 0.25) is 0 Å². The average molecular weight is 504 g/mol. The van der Waals surface area contributed by atoms with Gasteiger partial charge in [-0.05, 0) is 0 Å². The van der Waals surface area contributed by atoms with Crippen LogP contribution in [-0.4, -0.2) is 101 Å². The van der Waals surface area contributed by atoms with E-state index in [9.17, 15) is 33.9 Å². The number of carbonyl (C=O) groups is 6. The summed E-state index contributed by atoms with van der Waals surface area (Å²) >= 11 is 0. The van der Waals surface area contributed by atoms with Crippen LogP contribution in [0.3, 0.4) is 0 Å².